The summed E-state index contributed by atoms with van der Waals surface area (Å²) in [4.78, 5) is 30.6. The van der Waals surface area contributed by atoms with Crippen molar-refractivity contribution in [2.24, 2.45) is 0 Å². The molecule has 0 saturated heterocycles. The minimum atomic E-state index is -0.993. The van der Waals surface area contributed by atoms with Crippen LogP contribution in [0.3, 0.4) is 0 Å². The maximum Gasteiger partial charge on any atom is 0.322 e. The van der Waals surface area contributed by atoms with Crippen LogP contribution in [0.2, 0.25) is 5.15 Å². The molecule has 5 nitrogen and oxygen atoms in total. The molecule has 0 N–H and O–H groups in total. The molecular formula is C17H15ClN2O3. The first kappa shape index (κ1) is 15.5. The molecule has 0 saturated carbocycles. The van der Waals surface area contributed by atoms with Crippen LogP contribution in [-0.2, 0) is 27.4 Å². The van der Waals surface area contributed by atoms with E-state index < -0.39 is 11.9 Å². The molecule has 6 heteroatoms. The van der Waals surface area contributed by atoms with Crippen LogP contribution in [0.5, 0.6) is 0 Å². The number of methoxy groups -OCH3 is 1. The molecule has 1 amide bonds. The maximum atomic E-state index is 12.8. The first-order valence-electron chi connectivity index (χ1n) is 7.15. The summed E-state index contributed by atoms with van der Waals surface area (Å²) in [6.45, 7) is 0.815. The second-order valence-corrected chi connectivity index (χ2v) is 5.73. The molecule has 1 unspecified atom stereocenters. The predicted molar refractivity (Wildman–Crippen MR) is 84.7 cm³/mol. The monoisotopic (exact) mass is 330 g/mol. The van der Waals surface area contributed by atoms with Crippen LogP contribution >= 0.6 is 11.6 Å². The quantitative estimate of drug-likeness (QED) is 0.493. The molecule has 0 radical (unpaired) electrons. The van der Waals surface area contributed by atoms with Gasteiger partial charge in [-0.05, 0) is 22.8 Å². The molecule has 118 valence electrons. The topological polar surface area (TPSA) is 59.5 Å². The van der Waals surface area contributed by atoms with Crippen molar-refractivity contribution in [3.8, 4) is 0 Å². The second kappa shape index (κ2) is 6.38. The van der Waals surface area contributed by atoms with Crippen molar-refractivity contribution in [1.82, 2.24) is 9.88 Å². The number of amides is 1. The van der Waals surface area contributed by atoms with Gasteiger partial charge in [0, 0.05) is 19.3 Å². The van der Waals surface area contributed by atoms with Crippen molar-refractivity contribution in [3.05, 3.63) is 64.4 Å². The van der Waals surface area contributed by atoms with Gasteiger partial charge in [-0.1, -0.05) is 41.9 Å². The maximum absolute atomic E-state index is 12.8. The molecule has 0 spiro atoms. The van der Waals surface area contributed by atoms with E-state index in [9.17, 15) is 9.59 Å². The van der Waals surface area contributed by atoms with Crippen LogP contribution in [0.1, 0.15) is 22.6 Å². The van der Waals surface area contributed by atoms with E-state index in [1.165, 1.54) is 7.11 Å². The molecule has 1 aromatic heterocycles. The fourth-order valence-electron chi connectivity index (χ4n) is 2.76. The van der Waals surface area contributed by atoms with Crippen LogP contribution in [0.25, 0.3) is 0 Å². The molecule has 2 heterocycles. The number of aromatic nitrogens is 1. The Morgan fingerprint density at radius 1 is 1.39 bits per heavy atom. The van der Waals surface area contributed by atoms with Gasteiger partial charge in [0.05, 0.1) is 7.11 Å². The highest BCUT2D eigenvalue weighted by atomic mass is 35.5. The van der Waals surface area contributed by atoms with E-state index in [-0.39, 0.29) is 11.1 Å². The lowest BCUT2D eigenvalue weighted by Crippen LogP contribution is -2.42. The predicted octanol–water partition coefficient (Wildman–Crippen LogP) is 2.53. The van der Waals surface area contributed by atoms with Gasteiger partial charge in [0.15, 0.2) is 5.92 Å². The zero-order valence-corrected chi connectivity index (χ0v) is 13.3. The molecule has 1 aliphatic rings. The summed E-state index contributed by atoms with van der Waals surface area (Å²) in [7, 11) is 1.27. The molecule has 3 rings (SSSR count). The number of hydrogen-bond donors (Lipinski definition) is 0. The Labute approximate surface area is 138 Å². The molecule has 2 aromatic rings. The zero-order valence-electron chi connectivity index (χ0n) is 12.5. The number of fused-ring (bicyclic) bond motifs is 1. The number of hydrogen-bond acceptors (Lipinski definition) is 4. The molecule has 1 aliphatic heterocycles. The normalized spacial score (nSPS) is 16.9. The number of halogens is 1. The van der Waals surface area contributed by atoms with E-state index >= 15 is 0 Å². The summed E-state index contributed by atoms with van der Waals surface area (Å²) in [5, 5.41) is 0.252. The smallest absolute Gasteiger partial charge is 0.322 e. The number of benzene rings is 1. The SMILES string of the molecule is COC(=O)C1C(=O)N(Cc2ccccc2)Cc2cnc(Cl)cc21. The number of pyridine rings is 1. The first-order chi connectivity index (χ1) is 11.1. The largest absolute Gasteiger partial charge is 0.468 e. The molecule has 23 heavy (non-hydrogen) atoms. The van der Waals surface area contributed by atoms with E-state index in [4.69, 9.17) is 16.3 Å². The fraction of sp³-hybridized carbons (Fsp3) is 0.235. The lowest BCUT2D eigenvalue weighted by Gasteiger charge is -2.32. The lowest BCUT2D eigenvalue weighted by molar-refractivity contribution is -0.150. The molecule has 0 bridgehead atoms. The Balaban J connectivity index is 1.97. The van der Waals surface area contributed by atoms with Crippen molar-refractivity contribution in [2.45, 2.75) is 19.0 Å². The minimum Gasteiger partial charge on any atom is -0.468 e. The average molecular weight is 331 g/mol. The second-order valence-electron chi connectivity index (χ2n) is 5.34. The van der Waals surface area contributed by atoms with Crippen LogP contribution in [0.15, 0.2) is 42.6 Å². The lowest BCUT2D eigenvalue weighted by atomic mass is 9.90. The van der Waals surface area contributed by atoms with Crippen LogP contribution in [0.4, 0.5) is 0 Å². The van der Waals surface area contributed by atoms with Crippen molar-refractivity contribution < 1.29 is 14.3 Å². The molecule has 0 fully saturated rings. The van der Waals surface area contributed by atoms with Gasteiger partial charge in [0.25, 0.3) is 0 Å². The number of carbonyl (C=O) groups excluding carboxylic acids is 2. The van der Waals surface area contributed by atoms with Gasteiger partial charge in [-0.2, -0.15) is 0 Å². The summed E-state index contributed by atoms with van der Waals surface area (Å²) in [5.41, 5.74) is 2.38. The van der Waals surface area contributed by atoms with E-state index in [0.717, 1.165) is 11.1 Å². The number of esters is 1. The minimum absolute atomic E-state index is 0.252. The number of rotatable bonds is 3. The van der Waals surface area contributed by atoms with Gasteiger partial charge in [-0.3, -0.25) is 9.59 Å². The van der Waals surface area contributed by atoms with Gasteiger partial charge in [0.2, 0.25) is 5.91 Å². The van der Waals surface area contributed by atoms with Crippen molar-refractivity contribution in [2.75, 3.05) is 7.11 Å². The third kappa shape index (κ3) is 3.05. The van der Waals surface area contributed by atoms with Gasteiger partial charge >= 0.3 is 5.97 Å². The van der Waals surface area contributed by atoms with Gasteiger partial charge < -0.3 is 9.64 Å². The van der Waals surface area contributed by atoms with Crippen LogP contribution in [0, 0.1) is 0 Å². The van der Waals surface area contributed by atoms with Crippen molar-refractivity contribution >= 4 is 23.5 Å². The molecule has 1 aromatic carbocycles. The fourth-order valence-corrected chi connectivity index (χ4v) is 2.92. The summed E-state index contributed by atoms with van der Waals surface area (Å²) in [6, 6.07) is 11.2. The number of nitrogens with zero attached hydrogens (tertiary/aromatic N) is 2. The van der Waals surface area contributed by atoms with E-state index in [2.05, 4.69) is 4.98 Å². The van der Waals surface area contributed by atoms with Crippen molar-refractivity contribution in [3.63, 3.8) is 0 Å². The summed E-state index contributed by atoms with van der Waals surface area (Å²) >= 11 is 5.92. The Morgan fingerprint density at radius 2 is 2.13 bits per heavy atom. The standard InChI is InChI=1S/C17H15ClN2O3/c1-23-17(22)15-13-7-14(18)19-8-12(13)10-20(16(15)21)9-11-5-3-2-4-6-11/h2-8,15H,9-10H2,1H3. The van der Waals surface area contributed by atoms with Crippen LogP contribution < -0.4 is 0 Å². The summed E-state index contributed by atoms with van der Waals surface area (Å²) < 4.78 is 4.81. The highest BCUT2D eigenvalue weighted by Crippen LogP contribution is 2.32. The Bertz CT molecular complexity index is 749. The Kier molecular flexibility index (Phi) is 4.30. The number of ether oxygens (including phenoxy) is 1. The third-order valence-corrected chi connectivity index (χ3v) is 4.08. The first-order valence-corrected chi connectivity index (χ1v) is 7.53. The van der Waals surface area contributed by atoms with Gasteiger partial charge in [0.1, 0.15) is 5.15 Å². The highest BCUT2D eigenvalue weighted by molar-refractivity contribution is 6.29. The van der Waals surface area contributed by atoms with E-state index in [0.29, 0.717) is 18.7 Å². The molecule has 0 aliphatic carbocycles. The molecule has 1 atom stereocenters. The van der Waals surface area contributed by atoms with Gasteiger partial charge in [-0.15, -0.1) is 0 Å². The van der Waals surface area contributed by atoms with E-state index in [1.54, 1.807) is 17.2 Å². The molecular weight excluding hydrogens is 316 g/mol. The van der Waals surface area contributed by atoms with E-state index in [1.807, 2.05) is 30.3 Å². The summed E-state index contributed by atoms with van der Waals surface area (Å²) in [6.07, 6.45) is 1.61. The number of carbonyl (C=O) groups is 2. The Hall–Kier alpha value is -2.40. The zero-order chi connectivity index (χ0) is 16.4. The highest BCUT2D eigenvalue weighted by Gasteiger charge is 2.39. The third-order valence-electron chi connectivity index (χ3n) is 3.87. The average Bonchev–Trinajstić information content (AvgIpc) is 2.56. The van der Waals surface area contributed by atoms with Gasteiger partial charge in [-0.25, -0.2) is 4.98 Å². The Morgan fingerprint density at radius 3 is 2.83 bits per heavy atom. The summed E-state index contributed by atoms with van der Waals surface area (Å²) in [5.74, 6) is -1.86. The van der Waals surface area contributed by atoms with Crippen molar-refractivity contribution in [1.29, 1.82) is 0 Å². The van der Waals surface area contributed by atoms with Crippen LogP contribution in [-0.4, -0.2) is 28.9 Å².